The maximum absolute atomic E-state index is 11.9. The number of sulfone groups is 1. The third-order valence-electron chi connectivity index (χ3n) is 8.87. The SMILES string of the molecule is CC(C)c1ccc(N2C[C@H](CS(C)(=O)=O)[C@H]2C)c2cnc(Nc3ccnc(-c4cn(C5CCN(C)CC5)nc4Cl)n3)cc12. The fraction of sp³-hybridized carbons (Fsp3) is 0.484. The van der Waals surface area contributed by atoms with Crippen LogP contribution in [-0.2, 0) is 9.84 Å². The third-order valence-corrected chi connectivity index (χ3v) is 10.2. The Labute approximate surface area is 258 Å². The summed E-state index contributed by atoms with van der Waals surface area (Å²) in [5.41, 5.74) is 3.01. The van der Waals surface area contributed by atoms with Crippen LogP contribution in [0.25, 0.3) is 22.2 Å². The molecular formula is C31H39ClN8O2S. The Morgan fingerprint density at radius 3 is 2.56 bits per heavy atom. The molecule has 5 heterocycles. The molecule has 10 nitrogen and oxygen atoms in total. The topological polar surface area (TPSA) is 109 Å². The summed E-state index contributed by atoms with van der Waals surface area (Å²) in [4.78, 5) is 18.6. The number of halogens is 1. The monoisotopic (exact) mass is 622 g/mol. The van der Waals surface area contributed by atoms with Gasteiger partial charge < -0.3 is 15.1 Å². The van der Waals surface area contributed by atoms with E-state index in [1.54, 1.807) is 6.20 Å². The molecule has 0 unspecified atom stereocenters. The van der Waals surface area contributed by atoms with Crippen molar-refractivity contribution in [1.82, 2.24) is 29.6 Å². The van der Waals surface area contributed by atoms with Crippen molar-refractivity contribution in [2.45, 2.75) is 51.6 Å². The summed E-state index contributed by atoms with van der Waals surface area (Å²) in [5.74, 6) is 2.45. The van der Waals surface area contributed by atoms with Gasteiger partial charge in [-0.2, -0.15) is 5.10 Å². The van der Waals surface area contributed by atoms with Gasteiger partial charge in [0.1, 0.15) is 21.5 Å². The number of pyridine rings is 1. The van der Waals surface area contributed by atoms with Gasteiger partial charge in [0.15, 0.2) is 11.0 Å². The van der Waals surface area contributed by atoms with Crippen LogP contribution in [0.5, 0.6) is 0 Å². The molecule has 228 valence electrons. The van der Waals surface area contributed by atoms with Gasteiger partial charge in [-0.1, -0.05) is 31.5 Å². The molecule has 12 heteroatoms. The van der Waals surface area contributed by atoms with E-state index >= 15 is 0 Å². The largest absolute Gasteiger partial charge is 0.368 e. The first kappa shape index (κ1) is 29.8. The summed E-state index contributed by atoms with van der Waals surface area (Å²) in [5, 5.41) is 10.5. The van der Waals surface area contributed by atoms with E-state index in [1.807, 2.05) is 23.1 Å². The van der Waals surface area contributed by atoms with Crippen LogP contribution in [0, 0.1) is 5.92 Å². The lowest BCUT2D eigenvalue weighted by molar-refractivity contribution is 0.212. The maximum atomic E-state index is 11.9. The minimum absolute atomic E-state index is 0.126. The van der Waals surface area contributed by atoms with Crippen molar-refractivity contribution in [1.29, 1.82) is 0 Å². The van der Waals surface area contributed by atoms with Gasteiger partial charge in [-0.3, -0.25) is 4.68 Å². The van der Waals surface area contributed by atoms with Gasteiger partial charge in [-0.25, -0.2) is 23.4 Å². The highest BCUT2D eigenvalue weighted by molar-refractivity contribution is 7.90. The van der Waals surface area contributed by atoms with Gasteiger partial charge >= 0.3 is 0 Å². The number of nitrogens with zero attached hydrogens (tertiary/aromatic N) is 7. The minimum atomic E-state index is -3.02. The molecule has 4 aromatic rings. The first-order valence-electron chi connectivity index (χ1n) is 14.9. The first-order valence-corrected chi connectivity index (χ1v) is 17.3. The lowest BCUT2D eigenvalue weighted by Gasteiger charge is -2.48. The normalized spacial score (nSPS) is 20.1. The number of benzene rings is 1. The quantitative estimate of drug-likeness (QED) is 0.271. The highest BCUT2D eigenvalue weighted by Gasteiger charge is 2.38. The van der Waals surface area contributed by atoms with E-state index in [2.05, 4.69) is 71.2 Å². The molecule has 2 atom stereocenters. The number of hydrogen-bond donors (Lipinski definition) is 1. The van der Waals surface area contributed by atoms with Crippen molar-refractivity contribution in [3.63, 3.8) is 0 Å². The fourth-order valence-corrected chi connectivity index (χ4v) is 7.69. The Morgan fingerprint density at radius 2 is 1.86 bits per heavy atom. The van der Waals surface area contributed by atoms with Gasteiger partial charge in [0, 0.05) is 54.4 Å². The van der Waals surface area contributed by atoms with E-state index in [1.165, 1.54) is 11.8 Å². The Bertz CT molecular complexity index is 1750. The van der Waals surface area contributed by atoms with Gasteiger partial charge in [-0.15, -0.1) is 0 Å². The molecule has 0 spiro atoms. The van der Waals surface area contributed by atoms with Crippen LogP contribution in [0.2, 0.25) is 5.15 Å². The van der Waals surface area contributed by atoms with Crippen LogP contribution in [0.1, 0.15) is 51.1 Å². The summed E-state index contributed by atoms with van der Waals surface area (Å²) < 4.78 is 25.7. The Kier molecular flexibility index (Phi) is 8.08. The van der Waals surface area contributed by atoms with Gasteiger partial charge in [-0.05, 0) is 75.0 Å². The third kappa shape index (κ3) is 6.21. The van der Waals surface area contributed by atoms with Crippen LogP contribution < -0.4 is 10.2 Å². The van der Waals surface area contributed by atoms with E-state index in [4.69, 9.17) is 21.6 Å². The summed E-state index contributed by atoms with van der Waals surface area (Å²) in [6.45, 7) is 9.25. The van der Waals surface area contributed by atoms with Crippen molar-refractivity contribution in [3.05, 3.63) is 53.6 Å². The lowest BCUT2D eigenvalue weighted by Crippen LogP contribution is -2.57. The van der Waals surface area contributed by atoms with E-state index in [0.29, 0.717) is 46.7 Å². The molecule has 1 aromatic carbocycles. The first-order chi connectivity index (χ1) is 20.5. The zero-order valence-corrected chi connectivity index (χ0v) is 26.9. The zero-order valence-electron chi connectivity index (χ0n) is 25.3. The predicted octanol–water partition coefficient (Wildman–Crippen LogP) is 5.54. The molecular weight excluding hydrogens is 584 g/mol. The van der Waals surface area contributed by atoms with Crippen molar-refractivity contribution >= 4 is 49.5 Å². The number of anilines is 3. The van der Waals surface area contributed by atoms with E-state index < -0.39 is 9.84 Å². The van der Waals surface area contributed by atoms with Crippen LogP contribution in [-0.4, -0.2) is 82.8 Å². The highest BCUT2D eigenvalue weighted by atomic mass is 35.5. The standard InChI is InChI=1S/C31H39ClN8O2S/c1-19(2)23-6-7-27(39-16-21(20(39)3)18-43(5,41)42)25-15-34-29(14-24(23)25)35-28-8-11-33-31(36-28)26-17-40(37-30(26)32)22-9-12-38(4)13-10-22/h6-8,11,14-15,17,19-22H,9-10,12-13,16,18H2,1-5H3,(H,33,34,35,36)/t20-,21-/m1/s1. The number of aromatic nitrogens is 5. The molecule has 0 amide bonds. The van der Waals surface area contributed by atoms with Crippen molar-refractivity contribution < 1.29 is 8.42 Å². The minimum Gasteiger partial charge on any atom is -0.368 e. The maximum Gasteiger partial charge on any atom is 0.166 e. The second-order valence-electron chi connectivity index (χ2n) is 12.4. The van der Waals surface area contributed by atoms with E-state index in [-0.39, 0.29) is 17.7 Å². The number of fused-ring (bicyclic) bond motifs is 1. The molecule has 3 aromatic heterocycles. The second kappa shape index (κ2) is 11.7. The molecule has 43 heavy (non-hydrogen) atoms. The van der Waals surface area contributed by atoms with Gasteiger partial charge in [0.25, 0.3) is 0 Å². The van der Waals surface area contributed by atoms with Crippen LogP contribution in [0.3, 0.4) is 0 Å². The van der Waals surface area contributed by atoms with Crippen LogP contribution in [0.15, 0.2) is 42.9 Å². The molecule has 0 saturated carbocycles. The fourth-order valence-electron chi connectivity index (χ4n) is 6.31. The molecule has 0 radical (unpaired) electrons. The Hall–Kier alpha value is -3.28. The van der Waals surface area contributed by atoms with Crippen LogP contribution >= 0.6 is 11.6 Å². The number of piperidine rings is 1. The zero-order chi connectivity index (χ0) is 30.5. The average Bonchev–Trinajstić information content (AvgIpc) is 3.35. The van der Waals surface area contributed by atoms with Crippen molar-refractivity contribution in [2.75, 3.05) is 48.9 Å². The molecule has 0 aliphatic carbocycles. The number of likely N-dealkylation sites (tertiary alicyclic amines) is 1. The van der Waals surface area contributed by atoms with Crippen molar-refractivity contribution in [3.8, 4) is 11.4 Å². The Morgan fingerprint density at radius 1 is 1.09 bits per heavy atom. The molecule has 2 fully saturated rings. The molecule has 1 N–H and O–H groups in total. The highest BCUT2D eigenvalue weighted by Crippen LogP contribution is 2.40. The molecule has 6 rings (SSSR count). The number of nitrogens with one attached hydrogen (secondary N) is 1. The van der Waals surface area contributed by atoms with Gasteiger partial charge in [0.05, 0.1) is 17.4 Å². The van der Waals surface area contributed by atoms with Crippen molar-refractivity contribution in [2.24, 2.45) is 5.92 Å². The number of rotatable bonds is 8. The predicted molar refractivity (Wildman–Crippen MR) is 173 cm³/mol. The molecule has 2 aliphatic heterocycles. The summed E-state index contributed by atoms with van der Waals surface area (Å²) in [6, 6.07) is 8.65. The molecule has 2 saturated heterocycles. The molecule has 2 aliphatic rings. The summed E-state index contributed by atoms with van der Waals surface area (Å²) >= 11 is 6.57. The summed E-state index contributed by atoms with van der Waals surface area (Å²) in [6.07, 6.45) is 8.95. The van der Waals surface area contributed by atoms with E-state index in [9.17, 15) is 8.42 Å². The smallest absolute Gasteiger partial charge is 0.166 e. The molecule has 0 bridgehead atoms. The Balaban J connectivity index is 1.26. The van der Waals surface area contributed by atoms with E-state index in [0.717, 1.165) is 42.4 Å². The summed E-state index contributed by atoms with van der Waals surface area (Å²) in [7, 11) is -0.878. The van der Waals surface area contributed by atoms with Crippen LogP contribution in [0.4, 0.5) is 17.3 Å². The second-order valence-corrected chi connectivity index (χ2v) is 15.0. The van der Waals surface area contributed by atoms with Gasteiger partial charge in [0.2, 0.25) is 0 Å². The number of hydrogen-bond acceptors (Lipinski definition) is 9. The average molecular weight is 623 g/mol. The lowest BCUT2D eigenvalue weighted by atomic mass is 9.88.